The molecule has 5 heteroatoms. The molecule has 3 rings (SSSR count). The molecular weight excluding hydrogens is 259 g/mol. The normalized spacial score (nSPS) is 26.6. The molecule has 2 heterocycles. The zero-order valence-electron chi connectivity index (χ0n) is 11.8. The summed E-state index contributed by atoms with van der Waals surface area (Å²) in [6, 6.07) is 3.71. The monoisotopic (exact) mass is 280 g/mol. The summed E-state index contributed by atoms with van der Waals surface area (Å²) in [4.78, 5) is 2.17. The molecule has 2 unspecified atom stereocenters. The Labute approximate surface area is 118 Å². The first-order chi connectivity index (χ1) is 9.70. The Kier molecular flexibility index (Phi) is 3.81. The molecule has 2 aliphatic heterocycles. The highest BCUT2D eigenvalue weighted by atomic mass is 19.1. The predicted octanol–water partition coefficient (Wildman–Crippen LogP) is 1.94. The van der Waals surface area contributed by atoms with E-state index in [-0.39, 0.29) is 17.6 Å². The Bertz CT molecular complexity index is 495. The van der Waals surface area contributed by atoms with Gasteiger partial charge in [-0.25, -0.2) is 4.39 Å². The highest BCUT2D eigenvalue weighted by Crippen LogP contribution is 2.41. The smallest absolute Gasteiger partial charge is 0.197 e. The summed E-state index contributed by atoms with van der Waals surface area (Å²) in [6.45, 7) is 2.63. The summed E-state index contributed by atoms with van der Waals surface area (Å²) in [7, 11) is 2.02. The minimum Gasteiger partial charge on any atom is -0.489 e. The lowest BCUT2D eigenvalue weighted by atomic mass is 9.99. The second kappa shape index (κ2) is 5.58. The van der Waals surface area contributed by atoms with Gasteiger partial charge in [-0.15, -0.1) is 0 Å². The lowest BCUT2D eigenvalue weighted by Crippen LogP contribution is -2.21. The third-order valence-electron chi connectivity index (χ3n) is 4.21. The number of fused-ring (bicyclic) bond motifs is 1. The SMILES string of the molecule is CN1CC(CN)CC1c1ccc2c(c1F)OCCCO2. The van der Waals surface area contributed by atoms with Crippen LogP contribution in [0.1, 0.15) is 24.4 Å². The number of nitrogens with zero attached hydrogens (tertiary/aromatic N) is 1. The van der Waals surface area contributed by atoms with Gasteiger partial charge in [-0.05, 0) is 32.0 Å². The van der Waals surface area contributed by atoms with Gasteiger partial charge in [0.15, 0.2) is 17.3 Å². The fourth-order valence-electron chi connectivity index (χ4n) is 3.11. The minimum atomic E-state index is -0.279. The number of hydrogen-bond donors (Lipinski definition) is 1. The molecule has 1 fully saturated rings. The van der Waals surface area contributed by atoms with Crippen LogP contribution in [0.3, 0.4) is 0 Å². The van der Waals surface area contributed by atoms with Gasteiger partial charge in [0.05, 0.1) is 13.2 Å². The molecule has 2 aliphatic rings. The van der Waals surface area contributed by atoms with E-state index in [0.717, 1.165) is 19.4 Å². The van der Waals surface area contributed by atoms with E-state index in [2.05, 4.69) is 4.90 Å². The molecule has 0 aliphatic carbocycles. The quantitative estimate of drug-likeness (QED) is 0.899. The maximum absolute atomic E-state index is 14.7. The molecule has 2 atom stereocenters. The molecule has 20 heavy (non-hydrogen) atoms. The van der Waals surface area contributed by atoms with Crippen LogP contribution < -0.4 is 15.2 Å². The molecule has 1 saturated heterocycles. The van der Waals surface area contributed by atoms with Gasteiger partial charge < -0.3 is 15.2 Å². The zero-order valence-corrected chi connectivity index (χ0v) is 11.8. The van der Waals surface area contributed by atoms with Crippen LogP contribution in [0.2, 0.25) is 0 Å². The van der Waals surface area contributed by atoms with Crippen LogP contribution in [0.15, 0.2) is 12.1 Å². The van der Waals surface area contributed by atoms with Crippen molar-refractivity contribution in [3.8, 4) is 11.5 Å². The third kappa shape index (κ3) is 2.36. The van der Waals surface area contributed by atoms with Crippen LogP contribution in [-0.4, -0.2) is 38.3 Å². The molecule has 0 spiro atoms. The fraction of sp³-hybridized carbons (Fsp3) is 0.600. The van der Waals surface area contributed by atoms with Crippen LogP contribution in [0, 0.1) is 11.7 Å². The fourth-order valence-corrected chi connectivity index (χ4v) is 3.11. The molecule has 4 nitrogen and oxygen atoms in total. The predicted molar refractivity (Wildman–Crippen MR) is 74.5 cm³/mol. The summed E-state index contributed by atoms with van der Waals surface area (Å²) < 4.78 is 25.8. The summed E-state index contributed by atoms with van der Waals surface area (Å²) in [5.74, 6) is 0.934. The minimum absolute atomic E-state index is 0.0701. The van der Waals surface area contributed by atoms with Crippen LogP contribution in [0.4, 0.5) is 4.39 Å². The van der Waals surface area contributed by atoms with Crippen LogP contribution in [0.5, 0.6) is 11.5 Å². The maximum atomic E-state index is 14.7. The van der Waals surface area contributed by atoms with E-state index < -0.39 is 0 Å². The van der Waals surface area contributed by atoms with E-state index in [1.807, 2.05) is 19.2 Å². The Hall–Kier alpha value is -1.33. The van der Waals surface area contributed by atoms with Gasteiger partial charge in [0.2, 0.25) is 0 Å². The van der Waals surface area contributed by atoms with Gasteiger partial charge in [-0.1, -0.05) is 6.07 Å². The summed E-state index contributed by atoms with van der Waals surface area (Å²) in [5.41, 5.74) is 6.43. The highest BCUT2D eigenvalue weighted by molar-refractivity contribution is 5.46. The second-order valence-electron chi connectivity index (χ2n) is 5.64. The van der Waals surface area contributed by atoms with Crippen molar-refractivity contribution in [1.82, 2.24) is 4.90 Å². The average molecular weight is 280 g/mol. The Morgan fingerprint density at radius 1 is 1.35 bits per heavy atom. The number of rotatable bonds is 2. The van der Waals surface area contributed by atoms with Crippen LogP contribution in [0.25, 0.3) is 0 Å². The van der Waals surface area contributed by atoms with Crippen molar-refractivity contribution in [1.29, 1.82) is 0 Å². The molecular formula is C15H21FN2O2. The van der Waals surface area contributed by atoms with Crippen molar-refractivity contribution < 1.29 is 13.9 Å². The van der Waals surface area contributed by atoms with Gasteiger partial charge in [-0.2, -0.15) is 0 Å². The second-order valence-corrected chi connectivity index (χ2v) is 5.64. The molecule has 0 aromatic heterocycles. The average Bonchev–Trinajstić information content (AvgIpc) is 2.67. The van der Waals surface area contributed by atoms with Gasteiger partial charge >= 0.3 is 0 Å². The lowest BCUT2D eigenvalue weighted by molar-refractivity contribution is 0.285. The van der Waals surface area contributed by atoms with Crippen molar-refractivity contribution in [2.45, 2.75) is 18.9 Å². The number of hydrogen-bond acceptors (Lipinski definition) is 4. The van der Waals surface area contributed by atoms with Crippen molar-refractivity contribution in [2.75, 3.05) is 33.4 Å². The van der Waals surface area contributed by atoms with E-state index >= 15 is 0 Å². The topological polar surface area (TPSA) is 47.7 Å². The van der Waals surface area contributed by atoms with E-state index in [4.69, 9.17) is 15.2 Å². The van der Waals surface area contributed by atoms with Crippen molar-refractivity contribution in [3.63, 3.8) is 0 Å². The lowest BCUT2D eigenvalue weighted by Gasteiger charge is -2.21. The van der Waals surface area contributed by atoms with Crippen LogP contribution in [-0.2, 0) is 0 Å². The van der Waals surface area contributed by atoms with Crippen molar-refractivity contribution in [2.24, 2.45) is 11.7 Å². The first-order valence-corrected chi connectivity index (χ1v) is 7.19. The maximum Gasteiger partial charge on any atom is 0.197 e. The van der Waals surface area contributed by atoms with Gasteiger partial charge in [0.25, 0.3) is 0 Å². The van der Waals surface area contributed by atoms with E-state index in [9.17, 15) is 4.39 Å². The number of ether oxygens (including phenoxy) is 2. The first kappa shape index (κ1) is 13.6. The van der Waals surface area contributed by atoms with E-state index in [1.54, 1.807) is 0 Å². The third-order valence-corrected chi connectivity index (χ3v) is 4.21. The largest absolute Gasteiger partial charge is 0.489 e. The molecule has 0 radical (unpaired) electrons. The molecule has 0 bridgehead atoms. The molecule has 1 aromatic carbocycles. The van der Waals surface area contributed by atoms with Crippen molar-refractivity contribution in [3.05, 3.63) is 23.5 Å². The molecule has 2 N–H and O–H groups in total. The summed E-state index contributed by atoms with van der Waals surface area (Å²) in [5, 5.41) is 0. The molecule has 0 amide bonds. The van der Waals surface area contributed by atoms with E-state index in [0.29, 0.717) is 37.0 Å². The van der Waals surface area contributed by atoms with Gasteiger partial charge in [0, 0.05) is 24.6 Å². The number of benzene rings is 1. The highest BCUT2D eigenvalue weighted by Gasteiger charge is 2.33. The summed E-state index contributed by atoms with van der Waals surface area (Å²) >= 11 is 0. The Morgan fingerprint density at radius 3 is 2.90 bits per heavy atom. The molecule has 110 valence electrons. The number of likely N-dealkylation sites (tertiary alicyclic amines) is 1. The first-order valence-electron chi connectivity index (χ1n) is 7.19. The summed E-state index contributed by atoms with van der Waals surface area (Å²) in [6.07, 6.45) is 1.67. The van der Waals surface area contributed by atoms with Gasteiger partial charge in [-0.3, -0.25) is 4.90 Å². The van der Waals surface area contributed by atoms with Crippen LogP contribution >= 0.6 is 0 Å². The van der Waals surface area contributed by atoms with Gasteiger partial charge in [0.1, 0.15) is 0 Å². The number of nitrogens with two attached hydrogens (primary N) is 1. The molecule has 0 saturated carbocycles. The number of halogens is 1. The van der Waals surface area contributed by atoms with E-state index in [1.165, 1.54) is 0 Å². The Morgan fingerprint density at radius 2 is 2.15 bits per heavy atom. The standard InChI is InChI=1S/C15H21FN2O2/c1-18-9-10(8-17)7-12(18)11-3-4-13-15(14(11)16)20-6-2-5-19-13/h3-4,10,12H,2,5-9,17H2,1H3. The molecule has 1 aromatic rings. The Balaban J connectivity index is 1.93. The van der Waals surface area contributed by atoms with Crippen molar-refractivity contribution >= 4 is 0 Å². The zero-order chi connectivity index (χ0) is 14.1.